The van der Waals surface area contributed by atoms with Crippen molar-refractivity contribution in [3.05, 3.63) is 59.7 Å². The van der Waals surface area contributed by atoms with Crippen molar-refractivity contribution >= 4 is 19.7 Å². The van der Waals surface area contributed by atoms with E-state index in [1.165, 1.54) is 41.3 Å². The number of hydrogen-bond donors (Lipinski definition) is 1. The first-order valence-corrected chi connectivity index (χ1v) is 11.6. The molecular weight excluding hydrogens is 308 g/mol. The molecule has 2 atom stereocenters. The van der Waals surface area contributed by atoms with E-state index in [1.807, 2.05) is 0 Å². The second kappa shape index (κ2) is 5.47. The van der Waals surface area contributed by atoms with Gasteiger partial charge in [0, 0.05) is 5.41 Å². The molecule has 2 nitrogen and oxygen atoms in total. The molecule has 4 rings (SSSR count). The van der Waals surface area contributed by atoms with E-state index in [0.717, 1.165) is 6.42 Å². The summed E-state index contributed by atoms with van der Waals surface area (Å²) in [5.41, 5.74) is 4.10. The highest BCUT2D eigenvalue weighted by atomic mass is 28.3. The summed E-state index contributed by atoms with van der Waals surface area (Å²) in [4.78, 5) is 0. The maximum Gasteiger partial charge on any atom is 0.0791 e. The molecule has 2 aromatic carbocycles. The molecule has 2 aliphatic rings. The van der Waals surface area contributed by atoms with Crippen LogP contribution in [0.25, 0.3) is 0 Å². The summed E-state index contributed by atoms with van der Waals surface area (Å²) < 4.78 is 0. The van der Waals surface area contributed by atoms with Crippen LogP contribution in [-0.2, 0) is 5.41 Å². The Morgan fingerprint density at radius 1 is 1.00 bits per heavy atom. The molecule has 125 valence electrons. The van der Waals surface area contributed by atoms with Crippen LogP contribution in [0.2, 0.25) is 13.1 Å². The molecule has 1 fully saturated rings. The first-order chi connectivity index (χ1) is 11.5. The van der Waals surface area contributed by atoms with Gasteiger partial charge in [-0.05, 0) is 37.0 Å². The number of anilines is 1. The van der Waals surface area contributed by atoms with E-state index in [2.05, 4.69) is 73.6 Å². The lowest BCUT2D eigenvalue weighted by atomic mass is 9.57. The van der Waals surface area contributed by atoms with Crippen molar-refractivity contribution < 1.29 is 0 Å². The summed E-state index contributed by atoms with van der Waals surface area (Å²) in [6.07, 6.45) is 4.87. The molecule has 2 N–H and O–H groups in total. The highest BCUT2D eigenvalue weighted by Crippen LogP contribution is 2.60. The predicted molar refractivity (Wildman–Crippen MR) is 104 cm³/mol. The van der Waals surface area contributed by atoms with Crippen LogP contribution in [0.15, 0.2) is 48.5 Å². The van der Waals surface area contributed by atoms with Crippen LogP contribution in [0.5, 0.6) is 0 Å². The predicted octanol–water partition coefficient (Wildman–Crippen LogP) is 3.96. The maximum absolute atomic E-state index is 6.73. The molecule has 24 heavy (non-hydrogen) atoms. The number of fused-ring (bicyclic) bond motifs is 3. The average Bonchev–Trinajstić information content (AvgIpc) is 2.81. The van der Waals surface area contributed by atoms with Gasteiger partial charge in [-0.2, -0.15) is 0 Å². The van der Waals surface area contributed by atoms with Crippen molar-refractivity contribution in [1.82, 2.24) is 0 Å². The van der Waals surface area contributed by atoms with E-state index in [-0.39, 0.29) is 11.0 Å². The maximum atomic E-state index is 6.73. The Morgan fingerprint density at radius 2 is 1.71 bits per heavy atom. The molecular formula is C21H27N2Si. The molecule has 2 aromatic rings. The second-order valence-corrected chi connectivity index (χ2v) is 10.4. The van der Waals surface area contributed by atoms with E-state index in [4.69, 9.17) is 5.84 Å². The number of rotatable bonds is 2. The molecule has 1 aliphatic heterocycles. The minimum atomic E-state index is -0.474. The van der Waals surface area contributed by atoms with Gasteiger partial charge in [0.05, 0.1) is 20.0 Å². The summed E-state index contributed by atoms with van der Waals surface area (Å²) in [6.45, 7) is 7.12. The SMILES string of the molecule is C[Si](C)c1ccc2c(c1)C1(c3ccccc3)CCCCC1(C)N2N. The number of hydrazine groups is 1. The van der Waals surface area contributed by atoms with Gasteiger partial charge in [0.15, 0.2) is 0 Å². The van der Waals surface area contributed by atoms with Gasteiger partial charge in [-0.3, -0.25) is 0 Å². The van der Waals surface area contributed by atoms with E-state index in [9.17, 15) is 0 Å². The molecule has 1 saturated carbocycles. The summed E-state index contributed by atoms with van der Waals surface area (Å²) in [7, 11) is -0.474. The van der Waals surface area contributed by atoms with Crippen molar-refractivity contribution in [2.45, 2.75) is 56.7 Å². The van der Waals surface area contributed by atoms with E-state index < -0.39 is 8.80 Å². The molecule has 1 aliphatic carbocycles. The average molecular weight is 336 g/mol. The normalized spacial score (nSPS) is 28.8. The summed E-state index contributed by atoms with van der Waals surface area (Å²) in [5.74, 6) is 6.73. The fraction of sp³-hybridized carbons (Fsp3) is 0.429. The largest absolute Gasteiger partial charge is 0.304 e. The summed E-state index contributed by atoms with van der Waals surface area (Å²) in [5, 5.41) is 3.60. The number of nitrogens with two attached hydrogens (primary N) is 1. The van der Waals surface area contributed by atoms with Crippen LogP contribution < -0.4 is 16.0 Å². The Labute approximate surface area is 147 Å². The summed E-state index contributed by atoms with van der Waals surface area (Å²) in [6, 6.07) is 18.1. The van der Waals surface area contributed by atoms with Crippen LogP contribution >= 0.6 is 0 Å². The molecule has 1 heterocycles. The third kappa shape index (κ3) is 1.91. The fourth-order valence-corrected chi connectivity index (χ4v) is 5.94. The lowest BCUT2D eigenvalue weighted by Crippen LogP contribution is -2.60. The van der Waals surface area contributed by atoms with Crippen molar-refractivity contribution in [2.24, 2.45) is 5.84 Å². The number of nitrogens with zero attached hydrogens (tertiary/aromatic N) is 1. The molecule has 2 unspecified atom stereocenters. The zero-order valence-corrected chi connectivity index (χ0v) is 16.0. The van der Waals surface area contributed by atoms with Crippen molar-refractivity contribution in [2.75, 3.05) is 5.01 Å². The van der Waals surface area contributed by atoms with Gasteiger partial charge in [0.25, 0.3) is 0 Å². The van der Waals surface area contributed by atoms with Gasteiger partial charge in [0.1, 0.15) is 0 Å². The smallest absolute Gasteiger partial charge is 0.0791 e. The zero-order valence-electron chi connectivity index (χ0n) is 15.0. The Kier molecular flexibility index (Phi) is 3.62. The van der Waals surface area contributed by atoms with Crippen LogP contribution in [-0.4, -0.2) is 14.3 Å². The topological polar surface area (TPSA) is 29.3 Å². The lowest BCUT2D eigenvalue weighted by molar-refractivity contribution is 0.204. The van der Waals surface area contributed by atoms with Gasteiger partial charge in [-0.1, -0.05) is 73.6 Å². The van der Waals surface area contributed by atoms with Crippen molar-refractivity contribution in [3.8, 4) is 0 Å². The molecule has 0 saturated heterocycles. The van der Waals surface area contributed by atoms with Crippen molar-refractivity contribution in [1.29, 1.82) is 0 Å². The molecule has 1 radical (unpaired) electrons. The zero-order chi connectivity index (χ0) is 16.9. The van der Waals surface area contributed by atoms with E-state index >= 15 is 0 Å². The van der Waals surface area contributed by atoms with Crippen LogP contribution in [0.1, 0.15) is 43.7 Å². The van der Waals surface area contributed by atoms with E-state index in [1.54, 1.807) is 0 Å². The monoisotopic (exact) mass is 335 g/mol. The van der Waals surface area contributed by atoms with Crippen LogP contribution in [0.3, 0.4) is 0 Å². The third-order valence-electron chi connectivity index (χ3n) is 6.48. The number of benzene rings is 2. The van der Waals surface area contributed by atoms with Crippen molar-refractivity contribution in [3.63, 3.8) is 0 Å². The lowest BCUT2D eigenvalue weighted by Gasteiger charge is -2.50. The van der Waals surface area contributed by atoms with Gasteiger partial charge in [-0.15, -0.1) is 0 Å². The Hall–Kier alpha value is -1.58. The highest BCUT2D eigenvalue weighted by Gasteiger charge is 2.60. The quantitative estimate of drug-likeness (QED) is 0.665. The Morgan fingerprint density at radius 3 is 2.42 bits per heavy atom. The molecule has 0 bridgehead atoms. The van der Waals surface area contributed by atoms with Gasteiger partial charge in [0.2, 0.25) is 0 Å². The van der Waals surface area contributed by atoms with Gasteiger partial charge in [-0.25, -0.2) is 5.84 Å². The Bertz CT molecular complexity index is 758. The fourth-order valence-electron chi connectivity index (χ4n) is 5.09. The van der Waals surface area contributed by atoms with E-state index in [0.29, 0.717) is 0 Å². The second-order valence-electron chi connectivity index (χ2n) is 7.85. The minimum Gasteiger partial charge on any atom is -0.304 e. The molecule has 0 spiro atoms. The minimum absolute atomic E-state index is 0.0178. The molecule has 3 heteroatoms. The standard InChI is InChI=1S/C21H27N2Si/c1-20-13-7-8-14-21(20,16-9-5-4-6-10-16)18-15-17(24(2)3)11-12-19(18)23(20)22/h4-6,9-12,15H,7-8,13-14,22H2,1-3H3. The van der Waals surface area contributed by atoms with Crippen LogP contribution in [0.4, 0.5) is 5.69 Å². The first-order valence-electron chi connectivity index (χ1n) is 9.06. The van der Waals surface area contributed by atoms with Gasteiger partial charge >= 0.3 is 0 Å². The molecule has 0 amide bonds. The van der Waals surface area contributed by atoms with Gasteiger partial charge < -0.3 is 5.01 Å². The first kappa shape index (κ1) is 15.9. The Balaban J connectivity index is 2.02. The highest BCUT2D eigenvalue weighted by molar-refractivity contribution is 6.70. The number of hydrogen-bond acceptors (Lipinski definition) is 2. The van der Waals surface area contributed by atoms with Crippen LogP contribution in [0, 0.1) is 0 Å². The third-order valence-corrected chi connectivity index (χ3v) is 7.94. The molecule has 0 aromatic heterocycles. The summed E-state index contributed by atoms with van der Waals surface area (Å²) >= 11 is 0.